The van der Waals surface area contributed by atoms with Gasteiger partial charge in [-0.05, 0) is 18.1 Å². The molecular formula is C12H16O4. The Balaban J connectivity index is 2.98. The molecular weight excluding hydrogens is 208 g/mol. The number of Topliss-reactive ketones (excluding diaryl/α,β-unsaturated/α-hetero) is 1. The molecule has 1 aromatic rings. The lowest BCUT2D eigenvalue weighted by Gasteiger charge is -2.18. The van der Waals surface area contributed by atoms with E-state index in [0.717, 1.165) is 0 Å². The maximum absolute atomic E-state index is 11.0. The summed E-state index contributed by atoms with van der Waals surface area (Å²) in [5.74, 6) is -0.0156. The van der Waals surface area contributed by atoms with Crippen LogP contribution in [0.25, 0.3) is 0 Å². The second-order valence-corrected chi connectivity index (χ2v) is 3.77. The van der Waals surface area contributed by atoms with E-state index in [0.29, 0.717) is 11.1 Å². The second-order valence-electron chi connectivity index (χ2n) is 3.77. The highest BCUT2D eigenvalue weighted by molar-refractivity contribution is 5.78. The predicted molar refractivity (Wildman–Crippen MR) is 58.9 cm³/mol. The molecule has 4 nitrogen and oxygen atoms in total. The van der Waals surface area contributed by atoms with E-state index in [1.54, 1.807) is 24.3 Å². The van der Waals surface area contributed by atoms with Gasteiger partial charge in [-0.15, -0.1) is 0 Å². The first kappa shape index (κ1) is 12.8. The molecule has 0 saturated heterocycles. The van der Waals surface area contributed by atoms with E-state index >= 15 is 0 Å². The van der Waals surface area contributed by atoms with Gasteiger partial charge in [0.1, 0.15) is 18.0 Å². The summed E-state index contributed by atoms with van der Waals surface area (Å²) in [7, 11) is 0. The van der Waals surface area contributed by atoms with E-state index in [1.165, 1.54) is 6.92 Å². The van der Waals surface area contributed by atoms with Crippen molar-refractivity contribution in [3.05, 3.63) is 35.4 Å². The van der Waals surface area contributed by atoms with Crippen molar-refractivity contribution in [1.82, 2.24) is 0 Å². The summed E-state index contributed by atoms with van der Waals surface area (Å²) >= 11 is 0. The Kier molecular flexibility index (Phi) is 4.61. The number of carbonyl (C=O) groups excluding carboxylic acids is 1. The molecule has 0 saturated carbocycles. The number of rotatable bonds is 5. The van der Waals surface area contributed by atoms with Gasteiger partial charge in [0.25, 0.3) is 0 Å². The molecule has 0 amide bonds. The van der Waals surface area contributed by atoms with Gasteiger partial charge in [-0.1, -0.05) is 24.3 Å². The molecule has 2 atom stereocenters. The lowest BCUT2D eigenvalue weighted by atomic mass is 9.96. The first-order chi connectivity index (χ1) is 7.56. The Labute approximate surface area is 94.2 Å². The lowest BCUT2D eigenvalue weighted by Crippen LogP contribution is -2.23. The Bertz CT molecular complexity index is 362. The van der Waals surface area contributed by atoms with Crippen molar-refractivity contribution in [2.45, 2.75) is 25.6 Å². The van der Waals surface area contributed by atoms with Crippen molar-refractivity contribution < 1.29 is 20.1 Å². The Hall–Kier alpha value is -1.23. The molecule has 0 aliphatic heterocycles. The minimum Gasteiger partial charge on any atom is -0.394 e. The normalized spacial score (nSPS) is 14.5. The molecule has 0 fully saturated rings. The SMILES string of the molecule is CC(=O)Cc1ccccc1C(O)C(O)CO. The van der Waals surface area contributed by atoms with Crippen LogP contribution in [0.1, 0.15) is 24.2 Å². The molecule has 3 N–H and O–H groups in total. The highest BCUT2D eigenvalue weighted by Gasteiger charge is 2.20. The second kappa shape index (κ2) is 5.75. The molecule has 0 aromatic heterocycles. The highest BCUT2D eigenvalue weighted by atomic mass is 16.4. The smallest absolute Gasteiger partial charge is 0.134 e. The van der Waals surface area contributed by atoms with Gasteiger partial charge in [-0.3, -0.25) is 4.79 Å². The Morgan fingerprint density at radius 2 is 1.94 bits per heavy atom. The van der Waals surface area contributed by atoms with Crippen LogP contribution >= 0.6 is 0 Å². The Morgan fingerprint density at radius 3 is 2.50 bits per heavy atom. The fraction of sp³-hybridized carbons (Fsp3) is 0.417. The van der Waals surface area contributed by atoms with Crippen LogP contribution < -0.4 is 0 Å². The van der Waals surface area contributed by atoms with Crippen LogP contribution in [-0.2, 0) is 11.2 Å². The number of aliphatic hydroxyl groups excluding tert-OH is 3. The van der Waals surface area contributed by atoms with Gasteiger partial charge < -0.3 is 15.3 Å². The van der Waals surface area contributed by atoms with E-state index in [4.69, 9.17) is 5.11 Å². The van der Waals surface area contributed by atoms with Gasteiger partial charge >= 0.3 is 0 Å². The van der Waals surface area contributed by atoms with Crippen LogP contribution in [0.2, 0.25) is 0 Å². The summed E-state index contributed by atoms with van der Waals surface area (Å²) in [6.45, 7) is 0.946. The van der Waals surface area contributed by atoms with Crippen molar-refractivity contribution in [1.29, 1.82) is 0 Å². The largest absolute Gasteiger partial charge is 0.394 e. The van der Waals surface area contributed by atoms with Crippen molar-refractivity contribution >= 4 is 5.78 Å². The molecule has 0 aliphatic carbocycles. The zero-order chi connectivity index (χ0) is 12.1. The zero-order valence-electron chi connectivity index (χ0n) is 9.13. The summed E-state index contributed by atoms with van der Waals surface area (Å²) < 4.78 is 0. The third kappa shape index (κ3) is 3.13. The molecule has 88 valence electrons. The molecule has 1 aromatic carbocycles. The zero-order valence-corrected chi connectivity index (χ0v) is 9.13. The molecule has 1 rings (SSSR count). The lowest BCUT2D eigenvalue weighted by molar-refractivity contribution is -0.116. The van der Waals surface area contributed by atoms with Crippen molar-refractivity contribution in [2.24, 2.45) is 0 Å². The van der Waals surface area contributed by atoms with Crippen LogP contribution in [0.3, 0.4) is 0 Å². The average Bonchev–Trinajstić information content (AvgIpc) is 2.27. The van der Waals surface area contributed by atoms with Gasteiger partial charge in [-0.25, -0.2) is 0 Å². The highest BCUT2D eigenvalue weighted by Crippen LogP contribution is 2.21. The molecule has 2 unspecified atom stereocenters. The minimum atomic E-state index is -1.23. The number of hydrogen-bond donors (Lipinski definition) is 3. The van der Waals surface area contributed by atoms with Crippen LogP contribution in [-0.4, -0.2) is 33.8 Å². The van der Waals surface area contributed by atoms with Crippen LogP contribution in [0.5, 0.6) is 0 Å². The van der Waals surface area contributed by atoms with E-state index in [2.05, 4.69) is 0 Å². The number of carbonyl (C=O) groups is 1. The first-order valence-corrected chi connectivity index (χ1v) is 5.10. The van der Waals surface area contributed by atoms with Gasteiger partial charge in [-0.2, -0.15) is 0 Å². The van der Waals surface area contributed by atoms with Crippen LogP contribution in [0, 0.1) is 0 Å². The van der Waals surface area contributed by atoms with Crippen molar-refractivity contribution in [3.63, 3.8) is 0 Å². The summed E-state index contributed by atoms with van der Waals surface area (Å²) in [6, 6.07) is 6.85. The molecule has 0 heterocycles. The molecule has 0 aliphatic rings. The summed E-state index contributed by atoms with van der Waals surface area (Å²) in [5.41, 5.74) is 1.16. The summed E-state index contributed by atoms with van der Waals surface area (Å²) in [5, 5.41) is 27.9. The fourth-order valence-corrected chi connectivity index (χ4v) is 1.56. The van der Waals surface area contributed by atoms with Gasteiger partial charge in [0.2, 0.25) is 0 Å². The van der Waals surface area contributed by atoms with Gasteiger partial charge in [0.15, 0.2) is 0 Å². The summed E-state index contributed by atoms with van der Waals surface area (Å²) in [4.78, 5) is 11.0. The Morgan fingerprint density at radius 1 is 1.31 bits per heavy atom. The van der Waals surface area contributed by atoms with Crippen LogP contribution in [0.15, 0.2) is 24.3 Å². The van der Waals surface area contributed by atoms with E-state index < -0.39 is 18.8 Å². The fourth-order valence-electron chi connectivity index (χ4n) is 1.56. The van der Waals surface area contributed by atoms with E-state index in [1.807, 2.05) is 0 Å². The molecule has 4 heteroatoms. The van der Waals surface area contributed by atoms with Gasteiger partial charge in [0.05, 0.1) is 6.61 Å². The number of aliphatic hydroxyl groups is 3. The quantitative estimate of drug-likeness (QED) is 0.668. The maximum Gasteiger partial charge on any atom is 0.134 e. The van der Waals surface area contributed by atoms with Crippen molar-refractivity contribution in [2.75, 3.05) is 6.61 Å². The third-order valence-electron chi connectivity index (χ3n) is 2.36. The number of ketones is 1. The van der Waals surface area contributed by atoms with E-state index in [9.17, 15) is 15.0 Å². The summed E-state index contributed by atoms with van der Waals surface area (Å²) in [6.07, 6.45) is -2.18. The molecule has 0 bridgehead atoms. The van der Waals surface area contributed by atoms with Gasteiger partial charge in [0, 0.05) is 6.42 Å². The average molecular weight is 224 g/mol. The van der Waals surface area contributed by atoms with Crippen molar-refractivity contribution in [3.8, 4) is 0 Å². The third-order valence-corrected chi connectivity index (χ3v) is 2.36. The molecule has 0 spiro atoms. The maximum atomic E-state index is 11.0. The molecule has 16 heavy (non-hydrogen) atoms. The number of hydrogen-bond acceptors (Lipinski definition) is 4. The minimum absolute atomic E-state index is 0.0156. The topological polar surface area (TPSA) is 77.8 Å². The molecule has 0 radical (unpaired) electrons. The monoisotopic (exact) mass is 224 g/mol. The standard InChI is InChI=1S/C12H16O4/c1-8(14)6-9-4-2-3-5-10(9)12(16)11(15)7-13/h2-5,11-13,15-16H,6-7H2,1H3. The van der Waals surface area contributed by atoms with E-state index in [-0.39, 0.29) is 12.2 Å². The number of benzene rings is 1. The first-order valence-electron chi connectivity index (χ1n) is 5.10. The predicted octanol–water partition coefficient (Wildman–Crippen LogP) is 0.205. The van der Waals surface area contributed by atoms with Crippen LogP contribution in [0.4, 0.5) is 0 Å².